The first kappa shape index (κ1) is 17.9. The maximum absolute atomic E-state index is 11.8. The van der Waals surface area contributed by atoms with E-state index >= 15 is 0 Å². The molecule has 0 aromatic heterocycles. The fourth-order valence-electron chi connectivity index (χ4n) is 1.64. The second-order valence-corrected chi connectivity index (χ2v) is 5.08. The molecule has 0 radical (unpaired) electrons. The van der Waals surface area contributed by atoms with Crippen molar-refractivity contribution in [3.63, 3.8) is 0 Å². The monoisotopic (exact) mass is 317 g/mol. The third kappa shape index (κ3) is 4.97. The van der Waals surface area contributed by atoms with Crippen LogP contribution in [0, 0.1) is 17.2 Å². The molecule has 1 rings (SSSR count). The Morgan fingerprint density at radius 2 is 1.83 bits per heavy atom. The predicted molar refractivity (Wildman–Crippen MR) is 79.7 cm³/mol. The Balaban J connectivity index is 3.17. The predicted octanol–water partition coefficient (Wildman–Crippen LogP) is 2.19. The molecule has 0 aliphatic carbocycles. The van der Waals surface area contributed by atoms with Crippen LogP contribution >= 0.6 is 0 Å². The molecule has 0 aliphatic rings. The minimum atomic E-state index is -1.42. The number of nitrogens with zero attached hydrogens (tertiary/aromatic N) is 1. The van der Waals surface area contributed by atoms with Gasteiger partial charge in [-0.15, -0.1) is 0 Å². The van der Waals surface area contributed by atoms with Gasteiger partial charge in [-0.25, -0.2) is 14.4 Å². The van der Waals surface area contributed by atoms with Gasteiger partial charge in [0.1, 0.15) is 11.6 Å². The van der Waals surface area contributed by atoms with E-state index in [2.05, 4.69) is 0 Å². The maximum atomic E-state index is 11.8. The molecule has 0 bridgehead atoms. The smallest absolute Gasteiger partial charge is 0.348 e. The van der Waals surface area contributed by atoms with E-state index in [4.69, 9.17) is 20.2 Å². The van der Waals surface area contributed by atoms with Crippen molar-refractivity contribution < 1.29 is 29.3 Å². The number of nitriles is 1. The fourth-order valence-corrected chi connectivity index (χ4v) is 1.64. The summed E-state index contributed by atoms with van der Waals surface area (Å²) in [4.78, 5) is 33.8. The van der Waals surface area contributed by atoms with Crippen molar-refractivity contribution in [2.75, 3.05) is 6.61 Å². The number of hydrogen-bond acceptors (Lipinski definition) is 5. The van der Waals surface area contributed by atoms with Crippen LogP contribution in [0.5, 0.6) is 0 Å². The molecule has 7 heteroatoms. The highest BCUT2D eigenvalue weighted by Crippen LogP contribution is 2.16. The lowest BCUT2D eigenvalue weighted by molar-refractivity contribution is -0.139. The Morgan fingerprint density at radius 3 is 2.30 bits per heavy atom. The second-order valence-electron chi connectivity index (χ2n) is 5.08. The summed E-state index contributed by atoms with van der Waals surface area (Å²) in [6, 6.07) is 5.18. The van der Waals surface area contributed by atoms with Gasteiger partial charge in [0.25, 0.3) is 0 Å². The van der Waals surface area contributed by atoms with Crippen LogP contribution < -0.4 is 0 Å². The molecule has 7 nitrogen and oxygen atoms in total. The lowest BCUT2D eigenvalue weighted by Crippen LogP contribution is -2.11. The van der Waals surface area contributed by atoms with Crippen LogP contribution in [-0.4, -0.2) is 34.7 Å². The van der Waals surface area contributed by atoms with Gasteiger partial charge in [0.05, 0.1) is 17.7 Å². The Bertz CT molecular complexity index is 712. The Morgan fingerprint density at radius 1 is 1.22 bits per heavy atom. The number of esters is 1. The molecule has 1 aromatic carbocycles. The summed E-state index contributed by atoms with van der Waals surface area (Å²) in [5.41, 5.74) is -0.898. The van der Waals surface area contributed by atoms with Crippen molar-refractivity contribution in [2.45, 2.75) is 13.8 Å². The Labute approximate surface area is 132 Å². The fraction of sp³-hybridized carbons (Fsp3) is 0.250. The molecule has 0 amide bonds. The minimum Gasteiger partial charge on any atom is -0.478 e. The van der Waals surface area contributed by atoms with Crippen molar-refractivity contribution in [3.8, 4) is 6.07 Å². The SMILES string of the molecule is CC(C)COC(=O)/C(C#N)=C/c1ccc(C(=O)O)c(C(=O)O)c1. The molecule has 1 aromatic rings. The van der Waals surface area contributed by atoms with Gasteiger partial charge in [-0.1, -0.05) is 19.9 Å². The maximum Gasteiger partial charge on any atom is 0.348 e. The second kappa shape index (κ2) is 7.75. The van der Waals surface area contributed by atoms with Gasteiger partial charge in [-0.2, -0.15) is 5.26 Å². The molecule has 0 fully saturated rings. The van der Waals surface area contributed by atoms with E-state index in [1.54, 1.807) is 6.07 Å². The van der Waals surface area contributed by atoms with Gasteiger partial charge >= 0.3 is 17.9 Å². The quantitative estimate of drug-likeness (QED) is 0.468. The standard InChI is InChI=1S/C16H15NO6/c1-9(2)8-23-16(22)11(7-17)5-10-3-4-12(14(18)19)13(6-10)15(20)21/h3-6,9H,8H2,1-2H3,(H,18,19)(H,20,21)/b11-5+. The van der Waals surface area contributed by atoms with Crippen molar-refractivity contribution >= 4 is 24.0 Å². The molecule has 23 heavy (non-hydrogen) atoms. The molecule has 0 heterocycles. The van der Waals surface area contributed by atoms with Gasteiger partial charge in [-0.3, -0.25) is 0 Å². The van der Waals surface area contributed by atoms with Gasteiger partial charge in [0, 0.05) is 0 Å². The minimum absolute atomic E-state index is 0.104. The van der Waals surface area contributed by atoms with Gasteiger partial charge in [-0.05, 0) is 29.7 Å². The first-order valence-electron chi connectivity index (χ1n) is 6.65. The first-order valence-corrected chi connectivity index (χ1v) is 6.65. The largest absolute Gasteiger partial charge is 0.478 e. The van der Waals surface area contributed by atoms with E-state index < -0.39 is 23.5 Å². The zero-order chi connectivity index (χ0) is 17.6. The summed E-state index contributed by atoms with van der Waals surface area (Å²) in [6.07, 6.45) is 1.15. The van der Waals surface area contributed by atoms with Crippen LogP contribution in [0.15, 0.2) is 23.8 Å². The van der Waals surface area contributed by atoms with Crippen LogP contribution in [-0.2, 0) is 9.53 Å². The van der Waals surface area contributed by atoms with Crippen molar-refractivity contribution in [1.82, 2.24) is 0 Å². The average Bonchev–Trinajstić information content (AvgIpc) is 2.49. The van der Waals surface area contributed by atoms with Gasteiger partial charge in [0.15, 0.2) is 0 Å². The summed E-state index contributed by atoms with van der Waals surface area (Å²) < 4.78 is 4.93. The van der Waals surface area contributed by atoms with E-state index in [1.165, 1.54) is 6.07 Å². The summed E-state index contributed by atoms with van der Waals surface area (Å²) in [5, 5.41) is 27.0. The van der Waals surface area contributed by atoms with E-state index in [0.29, 0.717) is 0 Å². The third-order valence-corrected chi connectivity index (χ3v) is 2.70. The van der Waals surface area contributed by atoms with E-state index in [-0.39, 0.29) is 29.2 Å². The summed E-state index contributed by atoms with van der Waals surface area (Å²) in [6.45, 7) is 3.83. The highest BCUT2D eigenvalue weighted by atomic mass is 16.5. The zero-order valence-electron chi connectivity index (χ0n) is 12.6. The van der Waals surface area contributed by atoms with Crippen LogP contribution in [0.1, 0.15) is 40.1 Å². The number of carboxylic acids is 2. The van der Waals surface area contributed by atoms with E-state index in [1.807, 2.05) is 13.8 Å². The number of benzene rings is 1. The highest BCUT2D eigenvalue weighted by Gasteiger charge is 2.17. The molecule has 120 valence electrons. The number of carbonyl (C=O) groups is 3. The van der Waals surface area contributed by atoms with Crippen LogP contribution in [0.25, 0.3) is 6.08 Å². The van der Waals surface area contributed by atoms with Crippen molar-refractivity contribution in [2.24, 2.45) is 5.92 Å². The molecule has 0 saturated heterocycles. The molecular weight excluding hydrogens is 302 g/mol. The number of ether oxygens (including phenoxy) is 1. The first-order chi connectivity index (χ1) is 10.8. The topological polar surface area (TPSA) is 125 Å². The highest BCUT2D eigenvalue weighted by molar-refractivity contribution is 6.03. The molecule has 2 N–H and O–H groups in total. The van der Waals surface area contributed by atoms with E-state index in [0.717, 1.165) is 18.2 Å². The zero-order valence-corrected chi connectivity index (χ0v) is 12.6. The molecule has 0 atom stereocenters. The number of aromatic carboxylic acids is 2. The van der Waals surface area contributed by atoms with Gasteiger partial charge in [0.2, 0.25) is 0 Å². The number of carbonyl (C=O) groups excluding carboxylic acids is 1. The summed E-state index contributed by atoms with van der Waals surface area (Å²) >= 11 is 0. The molecule has 0 saturated carbocycles. The third-order valence-electron chi connectivity index (χ3n) is 2.70. The molecule has 0 aliphatic heterocycles. The lowest BCUT2D eigenvalue weighted by Gasteiger charge is -2.06. The van der Waals surface area contributed by atoms with E-state index in [9.17, 15) is 14.4 Å². The van der Waals surface area contributed by atoms with Crippen LogP contribution in [0.4, 0.5) is 0 Å². The van der Waals surface area contributed by atoms with Crippen molar-refractivity contribution in [1.29, 1.82) is 5.26 Å². The molecular formula is C16H15NO6. The summed E-state index contributed by atoms with van der Waals surface area (Å²) in [5.74, 6) is -3.51. The summed E-state index contributed by atoms with van der Waals surface area (Å²) in [7, 11) is 0. The molecule has 0 spiro atoms. The number of hydrogen-bond donors (Lipinski definition) is 2. The number of rotatable bonds is 6. The van der Waals surface area contributed by atoms with Crippen LogP contribution in [0.3, 0.4) is 0 Å². The van der Waals surface area contributed by atoms with Crippen LogP contribution in [0.2, 0.25) is 0 Å². The van der Waals surface area contributed by atoms with Crippen molar-refractivity contribution in [3.05, 3.63) is 40.5 Å². The Hall–Kier alpha value is -3.14. The lowest BCUT2D eigenvalue weighted by atomic mass is 10.0. The Kier molecular flexibility index (Phi) is 6.04. The normalized spacial score (nSPS) is 11.0. The van der Waals surface area contributed by atoms with Gasteiger partial charge < -0.3 is 14.9 Å². The molecule has 0 unspecified atom stereocenters. The number of carboxylic acid groups (broad SMARTS) is 2. The average molecular weight is 317 g/mol.